The Balaban J connectivity index is 1.73. The highest BCUT2D eigenvalue weighted by molar-refractivity contribution is 7.15. The lowest BCUT2D eigenvalue weighted by Crippen LogP contribution is -2.41. The van der Waals surface area contributed by atoms with Crippen molar-refractivity contribution in [2.24, 2.45) is 0 Å². The van der Waals surface area contributed by atoms with Gasteiger partial charge in [0.05, 0.1) is 18.0 Å². The van der Waals surface area contributed by atoms with Crippen molar-refractivity contribution in [1.29, 1.82) is 0 Å². The van der Waals surface area contributed by atoms with Gasteiger partial charge in [-0.2, -0.15) is 11.3 Å². The molecular formula is C14H13NO4S2. The molecule has 2 aromatic rings. The summed E-state index contributed by atoms with van der Waals surface area (Å²) in [6, 6.07) is 5.04. The van der Waals surface area contributed by atoms with E-state index in [0.717, 1.165) is 16.9 Å². The average molecular weight is 323 g/mol. The van der Waals surface area contributed by atoms with Gasteiger partial charge in [-0.05, 0) is 34.5 Å². The average Bonchev–Trinajstić information content (AvgIpc) is 3.18. The second kappa shape index (κ2) is 5.97. The molecule has 0 unspecified atom stereocenters. The number of aromatic carboxylic acids is 1. The molecule has 0 radical (unpaired) electrons. The maximum Gasteiger partial charge on any atom is 0.345 e. The Labute approximate surface area is 129 Å². The summed E-state index contributed by atoms with van der Waals surface area (Å²) in [7, 11) is 0. The van der Waals surface area contributed by atoms with Gasteiger partial charge in [0.2, 0.25) is 0 Å². The fraction of sp³-hybridized carbons (Fsp3) is 0.286. The molecule has 0 aromatic carbocycles. The molecule has 7 heteroatoms. The summed E-state index contributed by atoms with van der Waals surface area (Å²) in [4.78, 5) is 25.7. The molecule has 0 aliphatic carbocycles. The van der Waals surface area contributed by atoms with E-state index in [1.165, 1.54) is 6.07 Å². The third-order valence-corrected chi connectivity index (χ3v) is 5.06. The molecule has 2 aromatic heterocycles. The smallest absolute Gasteiger partial charge is 0.345 e. The van der Waals surface area contributed by atoms with Crippen molar-refractivity contribution < 1.29 is 19.4 Å². The minimum absolute atomic E-state index is 0.104. The molecule has 0 saturated carbocycles. The lowest BCUT2D eigenvalue weighted by molar-refractivity contribution is -0.0224. The lowest BCUT2D eigenvalue weighted by atomic mass is 10.1. The maximum atomic E-state index is 12.4. The van der Waals surface area contributed by atoms with Crippen LogP contribution in [0.3, 0.4) is 0 Å². The van der Waals surface area contributed by atoms with Crippen LogP contribution in [0.25, 0.3) is 0 Å². The number of carbonyl (C=O) groups is 2. The summed E-state index contributed by atoms with van der Waals surface area (Å²) in [5.74, 6) is -1.13. The molecule has 3 heterocycles. The molecule has 1 amide bonds. The van der Waals surface area contributed by atoms with Gasteiger partial charge in [0.1, 0.15) is 11.0 Å². The van der Waals surface area contributed by atoms with Gasteiger partial charge in [0.25, 0.3) is 5.91 Å². The molecule has 5 nitrogen and oxygen atoms in total. The zero-order valence-corrected chi connectivity index (χ0v) is 12.7. The Morgan fingerprint density at radius 1 is 1.29 bits per heavy atom. The Hall–Kier alpha value is -1.70. The third kappa shape index (κ3) is 2.99. The van der Waals surface area contributed by atoms with E-state index in [2.05, 4.69) is 0 Å². The number of morpholine rings is 1. The predicted molar refractivity (Wildman–Crippen MR) is 80.2 cm³/mol. The molecule has 1 aliphatic heterocycles. The van der Waals surface area contributed by atoms with Crippen molar-refractivity contribution in [3.8, 4) is 0 Å². The molecule has 1 aliphatic rings. The van der Waals surface area contributed by atoms with E-state index < -0.39 is 5.97 Å². The number of carboxylic acids is 1. The Bertz CT molecular complexity index is 650. The highest BCUT2D eigenvalue weighted by Gasteiger charge is 2.27. The molecule has 3 rings (SSSR count). The van der Waals surface area contributed by atoms with Crippen LogP contribution in [0, 0.1) is 0 Å². The van der Waals surface area contributed by atoms with Gasteiger partial charge in [0, 0.05) is 6.54 Å². The molecule has 1 saturated heterocycles. The second-order valence-corrected chi connectivity index (χ2v) is 6.50. The lowest BCUT2D eigenvalue weighted by Gasteiger charge is -2.32. The number of thiophene rings is 2. The monoisotopic (exact) mass is 323 g/mol. The van der Waals surface area contributed by atoms with Crippen molar-refractivity contribution in [3.63, 3.8) is 0 Å². The molecular weight excluding hydrogens is 310 g/mol. The molecule has 21 heavy (non-hydrogen) atoms. The van der Waals surface area contributed by atoms with Gasteiger partial charge in [-0.1, -0.05) is 0 Å². The number of nitrogens with zero attached hydrogens (tertiary/aromatic N) is 1. The van der Waals surface area contributed by atoms with Crippen molar-refractivity contribution in [3.05, 3.63) is 44.3 Å². The first-order valence-corrected chi connectivity index (χ1v) is 8.17. The molecule has 1 N–H and O–H groups in total. The normalized spacial score (nSPS) is 18.7. The van der Waals surface area contributed by atoms with Crippen molar-refractivity contribution in [2.75, 3.05) is 19.7 Å². The van der Waals surface area contributed by atoms with Crippen LogP contribution in [-0.4, -0.2) is 41.6 Å². The van der Waals surface area contributed by atoms with E-state index in [4.69, 9.17) is 9.84 Å². The number of amides is 1. The van der Waals surface area contributed by atoms with Gasteiger partial charge >= 0.3 is 5.97 Å². The van der Waals surface area contributed by atoms with E-state index in [9.17, 15) is 9.59 Å². The van der Waals surface area contributed by atoms with Gasteiger partial charge in [-0.3, -0.25) is 4.79 Å². The van der Waals surface area contributed by atoms with E-state index in [1.54, 1.807) is 22.3 Å². The van der Waals surface area contributed by atoms with E-state index in [0.29, 0.717) is 24.6 Å². The molecule has 0 bridgehead atoms. The fourth-order valence-corrected chi connectivity index (χ4v) is 3.73. The SMILES string of the molecule is O=C(O)c1ccc(C(=O)N2CCO[C@H](c3ccsc3)C2)s1. The Morgan fingerprint density at radius 2 is 2.10 bits per heavy atom. The summed E-state index contributed by atoms with van der Waals surface area (Å²) in [6.45, 7) is 1.51. The van der Waals surface area contributed by atoms with E-state index in [-0.39, 0.29) is 16.9 Å². The zero-order valence-electron chi connectivity index (χ0n) is 11.0. The number of hydrogen-bond acceptors (Lipinski definition) is 5. The van der Waals surface area contributed by atoms with E-state index in [1.807, 2.05) is 16.8 Å². The molecule has 1 atom stereocenters. The van der Waals surface area contributed by atoms with Gasteiger partial charge < -0.3 is 14.7 Å². The van der Waals surface area contributed by atoms with Crippen LogP contribution in [0.5, 0.6) is 0 Å². The van der Waals surface area contributed by atoms with Gasteiger partial charge in [0.15, 0.2) is 0 Å². The van der Waals surface area contributed by atoms with E-state index >= 15 is 0 Å². The van der Waals surface area contributed by atoms with Crippen LogP contribution in [0.4, 0.5) is 0 Å². The maximum absolute atomic E-state index is 12.4. The Morgan fingerprint density at radius 3 is 2.76 bits per heavy atom. The largest absolute Gasteiger partial charge is 0.477 e. The fourth-order valence-electron chi connectivity index (χ4n) is 2.22. The molecule has 110 valence electrons. The minimum Gasteiger partial charge on any atom is -0.477 e. The first-order chi connectivity index (χ1) is 10.1. The molecule has 1 fully saturated rings. The van der Waals surface area contributed by atoms with Crippen LogP contribution < -0.4 is 0 Å². The van der Waals surface area contributed by atoms with Crippen LogP contribution >= 0.6 is 22.7 Å². The van der Waals surface area contributed by atoms with Gasteiger partial charge in [-0.25, -0.2) is 4.79 Å². The highest BCUT2D eigenvalue weighted by atomic mass is 32.1. The van der Waals surface area contributed by atoms with Crippen molar-refractivity contribution >= 4 is 34.6 Å². The number of ether oxygens (including phenoxy) is 1. The zero-order chi connectivity index (χ0) is 14.8. The van der Waals surface area contributed by atoms with Crippen molar-refractivity contribution in [1.82, 2.24) is 4.90 Å². The summed E-state index contributed by atoms with van der Waals surface area (Å²) >= 11 is 2.61. The summed E-state index contributed by atoms with van der Waals surface area (Å²) in [5, 5.41) is 12.9. The topological polar surface area (TPSA) is 66.8 Å². The van der Waals surface area contributed by atoms with Crippen molar-refractivity contribution in [2.45, 2.75) is 6.10 Å². The summed E-state index contributed by atoms with van der Waals surface area (Å²) < 4.78 is 5.70. The Kier molecular flexibility index (Phi) is 4.05. The van der Waals surface area contributed by atoms with Crippen LogP contribution in [0.1, 0.15) is 31.0 Å². The predicted octanol–water partition coefficient (Wildman–Crippen LogP) is 2.72. The van der Waals surface area contributed by atoms with Crippen LogP contribution in [-0.2, 0) is 4.74 Å². The summed E-state index contributed by atoms with van der Waals surface area (Å²) in [6.07, 6.45) is -0.104. The number of hydrogen-bond donors (Lipinski definition) is 1. The number of rotatable bonds is 3. The number of carbonyl (C=O) groups excluding carboxylic acids is 1. The highest BCUT2D eigenvalue weighted by Crippen LogP contribution is 2.26. The standard InChI is InChI=1S/C14H13NO4S2/c16-13(11-1-2-12(21-11)14(17)18)15-4-5-19-10(7-15)9-3-6-20-8-9/h1-3,6,8,10H,4-5,7H2,(H,17,18)/t10-/m0/s1. The third-order valence-electron chi connectivity index (χ3n) is 3.30. The minimum atomic E-state index is -1.00. The van der Waals surface area contributed by atoms with Crippen LogP contribution in [0.15, 0.2) is 29.0 Å². The second-order valence-electron chi connectivity index (χ2n) is 4.64. The van der Waals surface area contributed by atoms with Crippen LogP contribution in [0.2, 0.25) is 0 Å². The first-order valence-electron chi connectivity index (χ1n) is 6.41. The molecule has 0 spiro atoms. The first kappa shape index (κ1) is 14.2. The van der Waals surface area contributed by atoms with Gasteiger partial charge in [-0.15, -0.1) is 11.3 Å². The summed E-state index contributed by atoms with van der Waals surface area (Å²) in [5.41, 5.74) is 1.08. The quantitative estimate of drug-likeness (QED) is 0.943. The number of carboxylic acid groups (broad SMARTS) is 1.